The minimum atomic E-state index is -0.576. The van der Waals surface area contributed by atoms with Gasteiger partial charge in [-0.25, -0.2) is 4.79 Å². The van der Waals surface area contributed by atoms with Gasteiger partial charge in [0.05, 0.1) is 24.9 Å². The van der Waals surface area contributed by atoms with E-state index in [0.29, 0.717) is 30.2 Å². The molecule has 6 heteroatoms. The maximum Gasteiger partial charge on any atom is 0.340 e. The summed E-state index contributed by atoms with van der Waals surface area (Å²) in [6.45, 7) is 7.82. The number of carbonyl (C=O) groups excluding carboxylic acids is 2. The Kier molecular flexibility index (Phi) is 5.64. The standard InChI is InChI=1S/C19H21NO5/c1-5-9-20-12(3)17(19(23)24-4)14(18(20)22)10-13-7-8-15(21)16(11-13)25-6-2/h5,7-8,10-11,21H,1,6,9H2,2-4H3/b14-10-. The number of benzene rings is 1. The SMILES string of the molecule is C=CCN1C(=O)/C(=C\c2ccc(O)c(OCC)c2)C(C(=O)OC)=C1C. The molecule has 0 radical (unpaired) electrons. The fourth-order valence-electron chi connectivity index (χ4n) is 2.64. The predicted molar refractivity (Wildman–Crippen MR) is 93.9 cm³/mol. The van der Waals surface area contributed by atoms with Gasteiger partial charge in [0.25, 0.3) is 5.91 Å². The fourth-order valence-corrected chi connectivity index (χ4v) is 2.64. The molecule has 0 aromatic heterocycles. The molecule has 0 saturated carbocycles. The van der Waals surface area contributed by atoms with Gasteiger partial charge in [0, 0.05) is 12.2 Å². The molecule has 132 valence electrons. The molecule has 1 aliphatic rings. The van der Waals surface area contributed by atoms with Crippen molar-refractivity contribution in [3.63, 3.8) is 0 Å². The number of esters is 1. The molecule has 0 aliphatic carbocycles. The van der Waals surface area contributed by atoms with Crippen LogP contribution in [0.5, 0.6) is 11.5 Å². The second-order valence-electron chi connectivity index (χ2n) is 5.37. The summed E-state index contributed by atoms with van der Waals surface area (Å²) < 4.78 is 10.2. The summed E-state index contributed by atoms with van der Waals surface area (Å²) in [5, 5.41) is 9.80. The quantitative estimate of drug-likeness (QED) is 0.488. The van der Waals surface area contributed by atoms with Crippen molar-refractivity contribution in [1.29, 1.82) is 0 Å². The normalized spacial score (nSPS) is 15.7. The molecular weight excluding hydrogens is 322 g/mol. The van der Waals surface area contributed by atoms with Crippen molar-refractivity contribution in [2.75, 3.05) is 20.3 Å². The smallest absolute Gasteiger partial charge is 0.340 e. The Labute approximate surface area is 146 Å². The van der Waals surface area contributed by atoms with E-state index in [-0.39, 0.29) is 22.8 Å². The average Bonchev–Trinajstić information content (AvgIpc) is 2.82. The third kappa shape index (κ3) is 3.57. The predicted octanol–water partition coefficient (Wildman–Crippen LogP) is 2.65. The van der Waals surface area contributed by atoms with Crippen molar-refractivity contribution in [1.82, 2.24) is 4.90 Å². The number of allylic oxidation sites excluding steroid dienone is 1. The summed E-state index contributed by atoms with van der Waals surface area (Å²) in [6, 6.07) is 4.73. The first-order valence-electron chi connectivity index (χ1n) is 7.84. The number of aromatic hydroxyl groups is 1. The lowest BCUT2D eigenvalue weighted by atomic mass is 10.0. The third-order valence-electron chi connectivity index (χ3n) is 3.81. The molecule has 6 nitrogen and oxygen atoms in total. The first-order valence-corrected chi connectivity index (χ1v) is 7.84. The lowest BCUT2D eigenvalue weighted by Gasteiger charge is -2.14. The van der Waals surface area contributed by atoms with Crippen LogP contribution in [0.1, 0.15) is 19.4 Å². The molecule has 25 heavy (non-hydrogen) atoms. The Bertz CT molecular complexity index is 776. The molecular formula is C19H21NO5. The fraction of sp³-hybridized carbons (Fsp3) is 0.263. The molecule has 0 bridgehead atoms. The van der Waals surface area contributed by atoms with Crippen LogP contribution in [-0.4, -0.2) is 42.1 Å². The number of hydrogen-bond acceptors (Lipinski definition) is 5. The van der Waals surface area contributed by atoms with E-state index in [0.717, 1.165) is 0 Å². The van der Waals surface area contributed by atoms with Gasteiger partial charge >= 0.3 is 5.97 Å². The second kappa shape index (κ2) is 7.70. The van der Waals surface area contributed by atoms with Crippen molar-refractivity contribution in [2.24, 2.45) is 0 Å². The summed E-state index contributed by atoms with van der Waals surface area (Å²) in [6.07, 6.45) is 3.18. The molecule has 1 heterocycles. The number of nitrogens with zero attached hydrogens (tertiary/aromatic N) is 1. The van der Waals surface area contributed by atoms with E-state index in [1.165, 1.54) is 18.1 Å². The molecule has 1 amide bonds. The summed E-state index contributed by atoms with van der Waals surface area (Å²) in [7, 11) is 1.27. The number of carbonyl (C=O) groups is 2. The number of amides is 1. The molecule has 0 spiro atoms. The van der Waals surface area contributed by atoms with Crippen LogP contribution in [0.4, 0.5) is 0 Å². The zero-order chi connectivity index (χ0) is 18.6. The van der Waals surface area contributed by atoms with Gasteiger partial charge in [-0.2, -0.15) is 0 Å². The number of rotatable bonds is 6. The monoisotopic (exact) mass is 343 g/mol. The Morgan fingerprint density at radius 1 is 1.40 bits per heavy atom. The van der Waals surface area contributed by atoms with Crippen LogP contribution in [0.25, 0.3) is 6.08 Å². The van der Waals surface area contributed by atoms with E-state index in [4.69, 9.17) is 9.47 Å². The highest BCUT2D eigenvalue weighted by atomic mass is 16.5. The molecule has 0 atom stereocenters. The maximum absolute atomic E-state index is 12.7. The van der Waals surface area contributed by atoms with E-state index in [1.54, 1.807) is 38.1 Å². The molecule has 1 aromatic carbocycles. The van der Waals surface area contributed by atoms with Gasteiger partial charge in [-0.3, -0.25) is 4.79 Å². The third-order valence-corrected chi connectivity index (χ3v) is 3.81. The Hall–Kier alpha value is -3.02. The van der Waals surface area contributed by atoms with Crippen LogP contribution in [0.15, 0.2) is 47.7 Å². The van der Waals surface area contributed by atoms with Crippen LogP contribution in [0.2, 0.25) is 0 Å². The van der Waals surface area contributed by atoms with E-state index < -0.39 is 5.97 Å². The Morgan fingerprint density at radius 2 is 2.12 bits per heavy atom. The Balaban J connectivity index is 2.53. The lowest BCUT2D eigenvalue weighted by Crippen LogP contribution is -2.24. The highest BCUT2D eigenvalue weighted by Crippen LogP contribution is 2.33. The number of hydrogen-bond donors (Lipinski definition) is 1. The largest absolute Gasteiger partial charge is 0.504 e. The molecule has 1 N–H and O–H groups in total. The van der Waals surface area contributed by atoms with Gasteiger partial charge < -0.3 is 19.5 Å². The summed E-state index contributed by atoms with van der Waals surface area (Å²) in [5.74, 6) is -0.559. The van der Waals surface area contributed by atoms with Crippen LogP contribution in [-0.2, 0) is 14.3 Å². The molecule has 0 saturated heterocycles. The molecule has 1 aliphatic heterocycles. The van der Waals surface area contributed by atoms with E-state index in [9.17, 15) is 14.7 Å². The van der Waals surface area contributed by atoms with Crippen LogP contribution >= 0.6 is 0 Å². The molecule has 0 fully saturated rings. The van der Waals surface area contributed by atoms with Crippen molar-refractivity contribution in [2.45, 2.75) is 13.8 Å². The van der Waals surface area contributed by atoms with Gasteiger partial charge in [0.1, 0.15) is 0 Å². The van der Waals surface area contributed by atoms with Crippen molar-refractivity contribution < 1.29 is 24.2 Å². The number of phenols is 1. The topological polar surface area (TPSA) is 76.1 Å². The number of phenolic OH excluding ortho intramolecular Hbond substituents is 1. The van der Waals surface area contributed by atoms with Crippen molar-refractivity contribution in [3.05, 3.63) is 53.3 Å². The first-order chi connectivity index (χ1) is 11.9. The second-order valence-corrected chi connectivity index (χ2v) is 5.37. The number of methoxy groups -OCH3 is 1. The molecule has 0 unspecified atom stereocenters. The Morgan fingerprint density at radius 3 is 2.72 bits per heavy atom. The summed E-state index contributed by atoms with van der Waals surface area (Å²) >= 11 is 0. The maximum atomic E-state index is 12.7. The number of ether oxygens (including phenoxy) is 2. The van der Waals surface area contributed by atoms with Crippen LogP contribution < -0.4 is 4.74 Å². The van der Waals surface area contributed by atoms with Crippen LogP contribution in [0, 0.1) is 0 Å². The van der Waals surface area contributed by atoms with Gasteiger partial charge in [-0.1, -0.05) is 12.1 Å². The van der Waals surface area contributed by atoms with E-state index in [1.807, 2.05) is 0 Å². The minimum absolute atomic E-state index is 0.00921. The van der Waals surface area contributed by atoms with Crippen molar-refractivity contribution >= 4 is 18.0 Å². The zero-order valence-electron chi connectivity index (χ0n) is 14.5. The minimum Gasteiger partial charge on any atom is -0.504 e. The zero-order valence-corrected chi connectivity index (χ0v) is 14.5. The summed E-state index contributed by atoms with van der Waals surface area (Å²) in [5.41, 5.74) is 1.60. The lowest BCUT2D eigenvalue weighted by molar-refractivity contribution is -0.136. The van der Waals surface area contributed by atoms with E-state index >= 15 is 0 Å². The van der Waals surface area contributed by atoms with Crippen molar-refractivity contribution in [3.8, 4) is 11.5 Å². The van der Waals surface area contributed by atoms with Gasteiger partial charge in [-0.05, 0) is 37.6 Å². The molecule has 1 aromatic rings. The van der Waals surface area contributed by atoms with Gasteiger partial charge in [-0.15, -0.1) is 6.58 Å². The highest BCUT2D eigenvalue weighted by molar-refractivity contribution is 6.16. The molecule has 2 rings (SSSR count). The average molecular weight is 343 g/mol. The first kappa shape index (κ1) is 18.3. The van der Waals surface area contributed by atoms with Crippen LogP contribution in [0.3, 0.4) is 0 Å². The van der Waals surface area contributed by atoms with Gasteiger partial charge in [0.2, 0.25) is 0 Å². The highest BCUT2D eigenvalue weighted by Gasteiger charge is 2.36. The van der Waals surface area contributed by atoms with E-state index in [2.05, 4.69) is 6.58 Å². The summed E-state index contributed by atoms with van der Waals surface area (Å²) in [4.78, 5) is 26.3. The van der Waals surface area contributed by atoms with Gasteiger partial charge in [0.15, 0.2) is 11.5 Å².